The molecule has 1 heteroatoms. The van der Waals surface area contributed by atoms with E-state index in [2.05, 4.69) is 30.3 Å². The Hall–Kier alpha value is -0.820. The van der Waals surface area contributed by atoms with E-state index in [1.807, 2.05) is 0 Å². The second-order valence-corrected chi connectivity index (χ2v) is 3.79. The van der Waals surface area contributed by atoms with Crippen molar-refractivity contribution in [1.29, 1.82) is 0 Å². The summed E-state index contributed by atoms with van der Waals surface area (Å²) in [5, 5.41) is 0. The van der Waals surface area contributed by atoms with Crippen LogP contribution in [-0.2, 0) is 4.74 Å². The third kappa shape index (κ3) is 1.05. The molecular formula is C11H12O. The lowest BCUT2D eigenvalue weighted by atomic mass is 10.1. The Morgan fingerprint density at radius 3 is 2.58 bits per heavy atom. The fourth-order valence-corrected chi connectivity index (χ4v) is 2.01. The van der Waals surface area contributed by atoms with Crippen molar-refractivity contribution in [2.45, 2.75) is 18.4 Å². The first kappa shape index (κ1) is 6.67. The molecule has 1 nitrogen and oxygen atoms in total. The van der Waals surface area contributed by atoms with Gasteiger partial charge in [0.25, 0.3) is 0 Å². The molecule has 12 heavy (non-hydrogen) atoms. The number of rotatable bonds is 2. The summed E-state index contributed by atoms with van der Waals surface area (Å²) >= 11 is 0. The lowest BCUT2D eigenvalue weighted by Crippen LogP contribution is -1.90. The fourth-order valence-electron chi connectivity index (χ4n) is 2.01. The minimum atomic E-state index is 0.607. The Morgan fingerprint density at radius 1 is 1.17 bits per heavy atom. The molecule has 2 fully saturated rings. The smallest absolute Gasteiger partial charge is 0.0844 e. The topological polar surface area (TPSA) is 12.5 Å². The molecule has 0 bridgehead atoms. The van der Waals surface area contributed by atoms with Crippen LogP contribution in [0, 0.1) is 5.92 Å². The Labute approximate surface area is 72.4 Å². The maximum absolute atomic E-state index is 5.28. The van der Waals surface area contributed by atoms with Crippen LogP contribution in [-0.4, -0.2) is 12.7 Å². The van der Waals surface area contributed by atoms with Gasteiger partial charge in [-0.1, -0.05) is 30.3 Å². The van der Waals surface area contributed by atoms with Crippen molar-refractivity contribution in [3.05, 3.63) is 35.9 Å². The van der Waals surface area contributed by atoms with E-state index in [0.717, 1.165) is 18.4 Å². The zero-order chi connectivity index (χ0) is 7.97. The third-order valence-electron chi connectivity index (χ3n) is 2.90. The predicted octanol–water partition coefficient (Wildman–Crippen LogP) is 2.19. The van der Waals surface area contributed by atoms with Crippen molar-refractivity contribution in [2.24, 2.45) is 5.92 Å². The standard InChI is InChI=1S/C11H12O/c1-2-4-8(5-3-1)9-6-10(9)11-7-12-11/h1-5,9-11H,6-7H2/t9-,10+,11?/m0/s1. The highest BCUT2D eigenvalue weighted by molar-refractivity contribution is 5.26. The monoisotopic (exact) mass is 160 g/mol. The van der Waals surface area contributed by atoms with E-state index in [4.69, 9.17) is 4.74 Å². The minimum absolute atomic E-state index is 0.607. The van der Waals surface area contributed by atoms with Crippen LogP contribution < -0.4 is 0 Å². The lowest BCUT2D eigenvalue weighted by Gasteiger charge is -1.96. The van der Waals surface area contributed by atoms with Gasteiger partial charge in [0.15, 0.2) is 0 Å². The van der Waals surface area contributed by atoms with Crippen molar-refractivity contribution < 1.29 is 4.74 Å². The van der Waals surface area contributed by atoms with Gasteiger partial charge >= 0.3 is 0 Å². The van der Waals surface area contributed by atoms with Crippen LogP contribution in [0.5, 0.6) is 0 Å². The van der Waals surface area contributed by atoms with Crippen molar-refractivity contribution in [3.8, 4) is 0 Å². The summed E-state index contributed by atoms with van der Waals surface area (Å²) in [4.78, 5) is 0. The van der Waals surface area contributed by atoms with Gasteiger partial charge in [-0.3, -0.25) is 0 Å². The Morgan fingerprint density at radius 2 is 1.92 bits per heavy atom. The quantitative estimate of drug-likeness (QED) is 0.604. The molecule has 0 N–H and O–H groups in total. The van der Waals surface area contributed by atoms with E-state index in [9.17, 15) is 0 Å². The van der Waals surface area contributed by atoms with Crippen molar-refractivity contribution >= 4 is 0 Å². The molecule has 0 aromatic heterocycles. The van der Waals surface area contributed by atoms with Gasteiger partial charge in [-0.25, -0.2) is 0 Å². The minimum Gasteiger partial charge on any atom is -0.373 e. The summed E-state index contributed by atoms with van der Waals surface area (Å²) in [5.74, 6) is 1.64. The molecule has 0 spiro atoms. The summed E-state index contributed by atoms with van der Waals surface area (Å²) in [6.45, 7) is 1.01. The second-order valence-electron chi connectivity index (χ2n) is 3.79. The van der Waals surface area contributed by atoms with Gasteiger partial charge in [0.2, 0.25) is 0 Å². The van der Waals surface area contributed by atoms with Gasteiger partial charge in [0.1, 0.15) is 0 Å². The molecule has 1 heterocycles. The maximum Gasteiger partial charge on any atom is 0.0844 e. The fraction of sp³-hybridized carbons (Fsp3) is 0.455. The average Bonchev–Trinajstić information content (AvgIpc) is 2.99. The van der Waals surface area contributed by atoms with Crippen LogP contribution >= 0.6 is 0 Å². The van der Waals surface area contributed by atoms with Crippen molar-refractivity contribution in [3.63, 3.8) is 0 Å². The Bertz CT molecular complexity index is 276. The van der Waals surface area contributed by atoms with E-state index < -0.39 is 0 Å². The summed E-state index contributed by atoms with van der Waals surface area (Å²) in [7, 11) is 0. The molecule has 0 radical (unpaired) electrons. The first-order chi connectivity index (χ1) is 5.95. The van der Waals surface area contributed by atoms with Gasteiger partial charge in [-0.2, -0.15) is 0 Å². The number of ether oxygens (including phenoxy) is 1. The van der Waals surface area contributed by atoms with E-state index in [1.54, 1.807) is 0 Å². The lowest BCUT2D eigenvalue weighted by molar-refractivity contribution is 0.384. The summed E-state index contributed by atoms with van der Waals surface area (Å²) < 4.78 is 5.28. The van der Waals surface area contributed by atoms with Crippen molar-refractivity contribution in [1.82, 2.24) is 0 Å². The molecule has 1 aliphatic carbocycles. The molecule has 2 aliphatic rings. The number of hydrogen-bond acceptors (Lipinski definition) is 1. The zero-order valence-electron chi connectivity index (χ0n) is 6.94. The normalized spacial score (nSPS) is 37.8. The molecule has 1 aromatic carbocycles. The SMILES string of the molecule is c1ccc([C@@H]2C[C@H]2C2CO2)cc1. The molecule has 1 unspecified atom stereocenters. The van der Waals surface area contributed by atoms with Gasteiger partial charge in [-0.15, -0.1) is 0 Å². The molecule has 1 aromatic rings. The van der Waals surface area contributed by atoms with Crippen LogP contribution in [0.4, 0.5) is 0 Å². The van der Waals surface area contributed by atoms with E-state index >= 15 is 0 Å². The number of benzene rings is 1. The van der Waals surface area contributed by atoms with Crippen molar-refractivity contribution in [2.75, 3.05) is 6.61 Å². The first-order valence-corrected chi connectivity index (χ1v) is 4.62. The van der Waals surface area contributed by atoms with E-state index in [0.29, 0.717) is 6.10 Å². The number of hydrogen-bond donors (Lipinski definition) is 0. The molecule has 1 saturated heterocycles. The predicted molar refractivity (Wildman–Crippen MR) is 47.0 cm³/mol. The molecule has 1 aliphatic heterocycles. The molecule has 1 saturated carbocycles. The van der Waals surface area contributed by atoms with Gasteiger partial charge < -0.3 is 4.74 Å². The average molecular weight is 160 g/mol. The van der Waals surface area contributed by atoms with Crippen LogP contribution in [0.1, 0.15) is 17.9 Å². The van der Waals surface area contributed by atoms with E-state index in [1.165, 1.54) is 12.0 Å². The molecule has 62 valence electrons. The molecular weight excluding hydrogens is 148 g/mol. The Kier molecular flexibility index (Phi) is 1.30. The molecule has 3 atom stereocenters. The van der Waals surface area contributed by atoms with E-state index in [-0.39, 0.29) is 0 Å². The van der Waals surface area contributed by atoms with Gasteiger partial charge in [-0.05, 0) is 23.8 Å². The first-order valence-electron chi connectivity index (χ1n) is 4.62. The molecule has 0 amide bonds. The summed E-state index contributed by atoms with van der Waals surface area (Å²) in [6, 6.07) is 10.8. The summed E-state index contributed by atoms with van der Waals surface area (Å²) in [5.41, 5.74) is 1.50. The van der Waals surface area contributed by atoms with Crippen LogP contribution in [0.15, 0.2) is 30.3 Å². The second kappa shape index (κ2) is 2.33. The van der Waals surface area contributed by atoms with Crippen LogP contribution in [0.2, 0.25) is 0 Å². The molecule has 3 rings (SSSR count). The van der Waals surface area contributed by atoms with Gasteiger partial charge in [0, 0.05) is 0 Å². The largest absolute Gasteiger partial charge is 0.373 e. The Balaban J connectivity index is 1.76. The maximum atomic E-state index is 5.28. The zero-order valence-corrected chi connectivity index (χ0v) is 6.94. The summed E-state index contributed by atoms with van der Waals surface area (Å²) in [6.07, 6.45) is 1.95. The van der Waals surface area contributed by atoms with Crippen LogP contribution in [0.25, 0.3) is 0 Å². The number of epoxide rings is 1. The highest BCUT2D eigenvalue weighted by Gasteiger charge is 2.49. The van der Waals surface area contributed by atoms with Gasteiger partial charge in [0.05, 0.1) is 12.7 Å². The third-order valence-corrected chi connectivity index (χ3v) is 2.90. The highest BCUT2D eigenvalue weighted by Crippen LogP contribution is 2.53. The van der Waals surface area contributed by atoms with Crippen LogP contribution in [0.3, 0.4) is 0 Å². The highest BCUT2D eigenvalue weighted by atomic mass is 16.6.